The summed E-state index contributed by atoms with van der Waals surface area (Å²) in [6.45, 7) is 3.50. The summed E-state index contributed by atoms with van der Waals surface area (Å²) in [5.41, 5.74) is 0.917. The van der Waals surface area contributed by atoms with Crippen molar-refractivity contribution in [3.05, 3.63) is 24.4 Å². The van der Waals surface area contributed by atoms with Gasteiger partial charge in [-0.2, -0.15) is 5.10 Å². The second-order valence-corrected chi connectivity index (χ2v) is 4.25. The van der Waals surface area contributed by atoms with Crippen molar-refractivity contribution >= 4 is 10.9 Å². The van der Waals surface area contributed by atoms with Crippen LogP contribution in [0.4, 0.5) is 0 Å². The smallest absolute Gasteiger partial charge is 0.155 e. The molecule has 0 amide bonds. The van der Waals surface area contributed by atoms with E-state index in [1.807, 2.05) is 18.2 Å². The van der Waals surface area contributed by atoms with Crippen LogP contribution in [0.5, 0.6) is 5.75 Å². The fraction of sp³-hybridized carbons (Fsp3) is 0.417. The largest absolute Gasteiger partial charge is 0.482 e. The Morgan fingerprint density at radius 2 is 2.38 bits per heavy atom. The molecule has 0 atom stereocenters. The molecule has 84 valence electrons. The molecule has 0 aliphatic carbocycles. The van der Waals surface area contributed by atoms with Crippen LogP contribution in [0.15, 0.2) is 24.4 Å². The first-order chi connectivity index (χ1) is 7.81. The van der Waals surface area contributed by atoms with E-state index in [1.165, 1.54) is 0 Å². The maximum Gasteiger partial charge on any atom is 0.155 e. The molecule has 2 aromatic rings. The van der Waals surface area contributed by atoms with Crippen molar-refractivity contribution < 1.29 is 9.47 Å². The van der Waals surface area contributed by atoms with Crippen LogP contribution in [0, 0.1) is 0 Å². The molecule has 0 radical (unpaired) electrons. The Hall–Kier alpha value is -1.55. The number of rotatable bonds is 3. The van der Waals surface area contributed by atoms with Crippen molar-refractivity contribution in [3.63, 3.8) is 0 Å². The Balaban J connectivity index is 1.88. The number of fused-ring (bicyclic) bond motifs is 1. The summed E-state index contributed by atoms with van der Waals surface area (Å²) < 4.78 is 11.2. The molecule has 1 N–H and O–H groups in total. The van der Waals surface area contributed by atoms with Gasteiger partial charge in [-0.05, 0) is 24.6 Å². The van der Waals surface area contributed by atoms with E-state index in [1.54, 1.807) is 6.20 Å². The van der Waals surface area contributed by atoms with Gasteiger partial charge in [0.15, 0.2) is 5.60 Å². The first kappa shape index (κ1) is 9.66. The van der Waals surface area contributed by atoms with E-state index < -0.39 is 0 Å². The molecule has 1 saturated heterocycles. The number of nitrogens with zero attached hydrogens (tertiary/aromatic N) is 1. The molecular weight excluding hydrogens is 204 g/mol. The Labute approximate surface area is 93.6 Å². The molecule has 0 bridgehead atoms. The van der Waals surface area contributed by atoms with E-state index in [2.05, 4.69) is 17.1 Å². The predicted molar refractivity (Wildman–Crippen MR) is 60.6 cm³/mol. The highest BCUT2D eigenvalue weighted by molar-refractivity contribution is 5.79. The number of hydrogen-bond acceptors (Lipinski definition) is 3. The number of aromatic amines is 1. The quantitative estimate of drug-likeness (QED) is 0.858. The lowest BCUT2D eigenvalue weighted by Gasteiger charge is -2.40. The topological polar surface area (TPSA) is 47.1 Å². The van der Waals surface area contributed by atoms with Crippen LogP contribution in [0.3, 0.4) is 0 Å². The van der Waals surface area contributed by atoms with Crippen molar-refractivity contribution in [3.8, 4) is 5.75 Å². The zero-order valence-electron chi connectivity index (χ0n) is 9.19. The first-order valence-corrected chi connectivity index (χ1v) is 5.51. The standard InChI is InChI=1S/C12H14N2O2/c1-2-12(7-15-8-12)16-10-3-4-11-9(5-10)6-13-14-11/h3-6H,2,7-8H2,1H3,(H,13,14). The summed E-state index contributed by atoms with van der Waals surface area (Å²) in [5.74, 6) is 0.888. The van der Waals surface area contributed by atoms with Crippen LogP contribution in [-0.2, 0) is 4.74 Å². The van der Waals surface area contributed by atoms with Crippen molar-refractivity contribution in [2.75, 3.05) is 13.2 Å². The lowest BCUT2D eigenvalue weighted by Crippen LogP contribution is -2.53. The maximum absolute atomic E-state index is 6.00. The SMILES string of the molecule is CCC1(Oc2ccc3[nH]ncc3c2)COC1. The van der Waals surface area contributed by atoms with Gasteiger partial charge in [0.1, 0.15) is 5.75 Å². The lowest BCUT2D eigenvalue weighted by molar-refractivity contribution is -0.162. The Morgan fingerprint density at radius 3 is 3.06 bits per heavy atom. The Morgan fingerprint density at radius 1 is 1.50 bits per heavy atom. The van der Waals surface area contributed by atoms with Gasteiger partial charge in [-0.25, -0.2) is 0 Å². The summed E-state index contributed by atoms with van der Waals surface area (Å²) >= 11 is 0. The molecule has 1 aliphatic heterocycles. The second-order valence-electron chi connectivity index (χ2n) is 4.25. The van der Waals surface area contributed by atoms with Crippen LogP contribution in [0.25, 0.3) is 10.9 Å². The average Bonchev–Trinajstić information content (AvgIpc) is 2.70. The fourth-order valence-electron chi connectivity index (χ4n) is 1.90. The van der Waals surface area contributed by atoms with Crippen LogP contribution >= 0.6 is 0 Å². The first-order valence-electron chi connectivity index (χ1n) is 5.51. The third-order valence-electron chi connectivity index (χ3n) is 3.12. The summed E-state index contributed by atoms with van der Waals surface area (Å²) in [7, 11) is 0. The van der Waals surface area contributed by atoms with Crippen LogP contribution < -0.4 is 4.74 Å². The molecule has 4 nitrogen and oxygen atoms in total. The van der Waals surface area contributed by atoms with Crippen molar-refractivity contribution in [2.45, 2.75) is 18.9 Å². The van der Waals surface area contributed by atoms with Gasteiger partial charge >= 0.3 is 0 Å². The van der Waals surface area contributed by atoms with Gasteiger partial charge in [-0.15, -0.1) is 0 Å². The van der Waals surface area contributed by atoms with Gasteiger partial charge in [0, 0.05) is 5.39 Å². The molecule has 2 heterocycles. The van der Waals surface area contributed by atoms with Gasteiger partial charge in [-0.3, -0.25) is 5.10 Å². The highest BCUT2D eigenvalue weighted by Gasteiger charge is 2.39. The average molecular weight is 218 g/mol. The minimum Gasteiger partial charge on any atom is -0.482 e. The molecule has 1 aromatic heterocycles. The summed E-state index contributed by atoms with van der Waals surface area (Å²) in [6, 6.07) is 5.96. The molecule has 16 heavy (non-hydrogen) atoms. The van der Waals surface area contributed by atoms with E-state index in [9.17, 15) is 0 Å². The van der Waals surface area contributed by atoms with E-state index in [0.717, 1.165) is 23.1 Å². The van der Waals surface area contributed by atoms with Gasteiger partial charge < -0.3 is 9.47 Å². The molecule has 0 unspecified atom stereocenters. The Bertz CT molecular complexity index is 497. The zero-order chi connectivity index (χ0) is 11.0. The molecule has 1 fully saturated rings. The number of H-pyrrole nitrogens is 1. The molecule has 4 heteroatoms. The van der Waals surface area contributed by atoms with Gasteiger partial charge in [0.2, 0.25) is 0 Å². The highest BCUT2D eigenvalue weighted by Crippen LogP contribution is 2.29. The third-order valence-corrected chi connectivity index (χ3v) is 3.12. The molecule has 3 rings (SSSR count). The number of ether oxygens (including phenoxy) is 2. The maximum atomic E-state index is 6.00. The van der Waals surface area contributed by atoms with E-state index in [-0.39, 0.29) is 5.60 Å². The lowest BCUT2D eigenvalue weighted by atomic mass is 9.98. The molecule has 1 aliphatic rings. The summed E-state index contributed by atoms with van der Waals surface area (Å²) in [5, 5.41) is 7.98. The van der Waals surface area contributed by atoms with E-state index in [4.69, 9.17) is 9.47 Å². The molecular formula is C12H14N2O2. The monoisotopic (exact) mass is 218 g/mol. The third kappa shape index (κ3) is 1.46. The van der Waals surface area contributed by atoms with Crippen molar-refractivity contribution in [1.29, 1.82) is 0 Å². The normalized spacial score (nSPS) is 18.3. The second kappa shape index (κ2) is 3.49. The summed E-state index contributed by atoms with van der Waals surface area (Å²) in [6.07, 6.45) is 2.77. The summed E-state index contributed by atoms with van der Waals surface area (Å²) in [4.78, 5) is 0. The Kier molecular flexibility index (Phi) is 2.11. The number of hydrogen-bond donors (Lipinski definition) is 1. The number of aromatic nitrogens is 2. The van der Waals surface area contributed by atoms with E-state index >= 15 is 0 Å². The van der Waals surface area contributed by atoms with E-state index in [0.29, 0.717) is 13.2 Å². The van der Waals surface area contributed by atoms with Crippen molar-refractivity contribution in [1.82, 2.24) is 10.2 Å². The minimum absolute atomic E-state index is 0.114. The molecule has 0 saturated carbocycles. The fourth-order valence-corrected chi connectivity index (χ4v) is 1.90. The minimum atomic E-state index is -0.114. The van der Waals surface area contributed by atoms with Crippen LogP contribution in [0.2, 0.25) is 0 Å². The molecule has 1 aromatic carbocycles. The van der Waals surface area contributed by atoms with Gasteiger partial charge in [0.25, 0.3) is 0 Å². The number of nitrogens with one attached hydrogen (secondary N) is 1. The predicted octanol–water partition coefficient (Wildman–Crippen LogP) is 2.12. The zero-order valence-corrected chi connectivity index (χ0v) is 9.19. The van der Waals surface area contributed by atoms with Gasteiger partial charge in [0.05, 0.1) is 24.9 Å². The molecule has 0 spiro atoms. The number of benzene rings is 1. The van der Waals surface area contributed by atoms with Crippen molar-refractivity contribution in [2.24, 2.45) is 0 Å². The van der Waals surface area contributed by atoms with Crippen LogP contribution in [-0.4, -0.2) is 29.0 Å². The van der Waals surface area contributed by atoms with Crippen LogP contribution in [0.1, 0.15) is 13.3 Å². The van der Waals surface area contributed by atoms with Gasteiger partial charge in [-0.1, -0.05) is 6.92 Å². The highest BCUT2D eigenvalue weighted by atomic mass is 16.6.